The van der Waals surface area contributed by atoms with E-state index < -0.39 is 7.80 Å². The van der Waals surface area contributed by atoms with Crippen LogP contribution in [0.5, 0.6) is 0 Å². The molecule has 0 rings (SSSR count). The van der Waals surface area contributed by atoms with Gasteiger partial charge in [0.15, 0.2) is 0 Å². The van der Waals surface area contributed by atoms with E-state index in [2.05, 4.69) is 6.58 Å². The molecule has 0 saturated heterocycles. The van der Waals surface area contributed by atoms with Gasteiger partial charge >= 0.3 is 7.80 Å². The molecule has 0 bridgehead atoms. The molecule has 3 heteroatoms. The molecule has 2 nitrogen and oxygen atoms in total. The quantitative estimate of drug-likeness (QED) is 0.449. The molecule has 0 aliphatic carbocycles. The second-order valence-corrected chi connectivity index (χ2v) is 3.59. The van der Waals surface area contributed by atoms with Crippen molar-refractivity contribution in [3.05, 3.63) is 12.7 Å². The molecule has 0 saturated carbocycles. The van der Waals surface area contributed by atoms with Crippen molar-refractivity contribution in [1.29, 1.82) is 0 Å². The van der Waals surface area contributed by atoms with Gasteiger partial charge in [0.05, 0.1) is 6.61 Å². The van der Waals surface area contributed by atoms with E-state index in [1.807, 2.05) is 0 Å². The molecular weight excluding hydrogens is 135 g/mol. The summed E-state index contributed by atoms with van der Waals surface area (Å²) in [5.41, 5.74) is 0. The summed E-state index contributed by atoms with van der Waals surface area (Å²) < 4.78 is 15.7. The molecule has 0 aromatic rings. The zero-order valence-corrected chi connectivity index (χ0v) is 6.73. The van der Waals surface area contributed by atoms with Crippen LogP contribution in [-0.2, 0) is 9.30 Å². The van der Waals surface area contributed by atoms with Crippen LogP contribution in [0.15, 0.2) is 12.7 Å². The standard InChI is InChI=1S/C6H12O2P/c1-4-5-8-6(2)9(3)7/h4,6H,1,5H2,2-3H3/q+1. The van der Waals surface area contributed by atoms with Gasteiger partial charge in [-0.1, -0.05) is 10.6 Å². The molecule has 0 amide bonds. The number of hydrogen-bond acceptors (Lipinski definition) is 2. The van der Waals surface area contributed by atoms with Crippen LogP contribution in [0.4, 0.5) is 0 Å². The van der Waals surface area contributed by atoms with Gasteiger partial charge in [-0.2, -0.15) is 0 Å². The Morgan fingerprint density at radius 3 is 2.78 bits per heavy atom. The summed E-state index contributed by atoms with van der Waals surface area (Å²) in [5, 5.41) is 0. The van der Waals surface area contributed by atoms with Crippen molar-refractivity contribution in [1.82, 2.24) is 0 Å². The zero-order valence-electron chi connectivity index (χ0n) is 5.83. The van der Waals surface area contributed by atoms with Crippen LogP contribution in [0.25, 0.3) is 0 Å². The molecule has 0 aliphatic heterocycles. The smallest absolute Gasteiger partial charge is 0.331 e. The van der Waals surface area contributed by atoms with E-state index in [0.29, 0.717) is 6.61 Å². The highest BCUT2D eigenvalue weighted by Gasteiger charge is 2.17. The van der Waals surface area contributed by atoms with E-state index in [0.717, 1.165) is 0 Å². The second-order valence-electron chi connectivity index (χ2n) is 1.77. The largest absolute Gasteiger partial charge is 0.366 e. The Morgan fingerprint density at radius 1 is 1.89 bits per heavy atom. The summed E-state index contributed by atoms with van der Waals surface area (Å²) >= 11 is 0. The number of rotatable bonds is 4. The predicted octanol–water partition coefficient (Wildman–Crippen LogP) is 1.99. The fourth-order valence-electron chi connectivity index (χ4n) is 0.312. The van der Waals surface area contributed by atoms with Gasteiger partial charge in [-0.25, -0.2) is 0 Å². The van der Waals surface area contributed by atoms with Crippen LogP contribution in [0, 0.1) is 0 Å². The topological polar surface area (TPSA) is 26.3 Å². The number of hydrogen-bond donors (Lipinski definition) is 0. The van der Waals surface area contributed by atoms with E-state index in [1.165, 1.54) is 0 Å². The molecule has 0 spiro atoms. The fraction of sp³-hybridized carbons (Fsp3) is 0.667. The summed E-state index contributed by atoms with van der Waals surface area (Å²) in [7, 11) is -1.19. The van der Waals surface area contributed by atoms with E-state index in [1.54, 1.807) is 19.7 Å². The van der Waals surface area contributed by atoms with Crippen LogP contribution in [0.1, 0.15) is 6.92 Å². The molecule has 0 radical (unpaired) electrons. The molecule has 2 unspecified atom stereocenters. The molecule has 0 aromatic heterocycles. The molecule has 2 atom stereocenters. The first-order valence-electron chi connectivity index (χ1n) is 2.81. The summed E-state index contributed by atoms with van der Waals surface area (Å²) in [6.45, 7) is 7.40. The van der Waals surface area contributed by atoms with Gasteiger partial charge in [0, 0.05) is 6.92 Å². The van der Waals surface area contributed by atoms with Crippen molar-refractivity contribution in [3.63, 3.8) is 0 Å². The first-order valence-corrected chi connectivity index (χ1v) is 4.58. The summed E-state index contributed by atoms with van der Waals surface area (Å²) in [6.07, 6.45) is 1.65. The third-order valence-electron chi connectivity index (χ3n) is 0.967. The molecule has 0 heterocycles. The average Bonchev–Trinajstić information content (AvgIpc) is 1.82. The predicted molar refractivity (Wildman–Crippen MR) is 39.1 cm³/mol. The van der Waals surface area contributed by atoms with E-state index in [9.17, 15) is 4.57 Å². The molecular formula is C6H12O2P+. The van der Waals surface area contributed by atoms with Crippen LogP contribution in [0.2, 0.25) is 0 Å². The van der Waals surface area contributed by atoms with Crippen molar-refractivity contribution in [2.75, 3.05) is 13.3 Å². The van der Waals surface area contributed by atoms with E-state index >= 15 is 0 Å². The first kappa shape index (κ1) is 8.80. The second kappa shape index (κ2) is 4.66. The molecule has 52 valence electrons. The fourth-order valence-corrected chi connectivity index (χ4v) is 0.608. The highest BCUT2D eigenvalue weighted by Crippen LogP contribution is 2.22. The van der Waals surface area contributed by atoms with Gasteiger partial charge in [-0.3, -0.25) is 0 Å². The van der Waals surface area contributed by atoms with Crippen LogP contribution in [0.3, 0.4) is 0 Å². The van der Waals surface area contributed by atoms with E-state index in [4.69, 9.17) is 4.74 Å². The van der Waals surface area contributed by atoms with Crippen molar-refractivity contribution in [2.45, 2.75) is 12.8 Å². The molecule has 0 aromatic carbocycles. The van der Waals surface area contributed by atoms with Crippen molar-refractivity contribution in [3.8, 4) is 0 Å². The van der Waals surface area contributed by atoms with Crippen LogP contribution < -0.4 is 0 Å². The zero-order chi connectivity index (χ0) is 7.28. The SMILES string of the molecule is C=CCOC(C)[P+](C)=O. The molecule has 9 heavy (non-hydrogen) atoms. The lowest BCUT2D eigenvalue weighted by atomic mass is 10.7. The van der Waals surface area contributed by atoms with Crippen LogP contribution >= 0.6 is 7.80 Å². The maximum absolute atomic E-state index is 10.6. The summed E-state index contributed by atoms with van der Waals surface area (Å²) in [6, 6.07) is 0. The van der Waals surface area contributed by atoms with Gasteiger partial charge in [-0.15, -0.1) is 6.58 Å². The average molecular weight is 147 g/mol. The summed E-state index contributed by atoms with van der Waals surface area (Å²) in [4.78, 5) is 0. The minimum atomic E-state index is -1.19. The Hall–Kier alpha value is -0.200. The lowest BCUT2D eigenvalue weighted by Gasteiger charge is -1.96. The lowest BCUT2D eigenvalue weighted by molar-refractivity contribution is 0.145. The lowest BCUT2D eigenvalue weighted by Crippen LogP contribution is -2.01. The van der Waals surface area contributed by atoms with Crippen molar-refractivity contribution in [2.24, 2.45) is 0 Å². The molecule has 0 fully saturated rings. The molecule has 0 N–H and O–H groups in total. The Labute approximate surface area is 56.7 Å². The third kappa shape index (κ3) is 4.31. The first-order chi connectivity index (χ1) is 4.18. The maximum atomic E-state index is 10.6. The van der Waals surface area contributed by atoms with Gasteiger partial charge in [-0.05, 0) is 0 Å². The Morgan fingerprint density at radius 2 is 2.44 bits per heavy atom. The van der Waals surface area contributed by atoms with Gasteiger partial charge < -0.3 is 4.74 Å². The van der Waals surface area contributed by atoms with Crippen molar-refractivity contribution < 1.29 is 9.30 Å². The van der Waals surface area contributed by atoms with Gasteiger partial charge in [0.25, 0.3) is 5.85 Å². The van der Waals surface area contributed by atoms with Crippen LogP contribution in [-0.4, -0.2) is 19.1 Å². The Balaban J connectivity index is 3.37. The normalized spacial score (nSPS) is 14.7. The molecule has 0 aliphatic rings. The number of ether oxygens (including phenoxy) is 1. The highest BCUT2D eigenvalue weighted by molar-refractivity contribution is 7.44. The monoisotopic (exact) mass is 147 g/mol. The van der Waals surface area contributed by atoms with Gasteiger partial charge in [0.1, 0.15) is 6.66 Å². The third-order valence-corrected chi connectivity index (χ3v) is 2.14. The van der Waals surface area contributed by atoms with Crippen molar-refractivity contribution >= 4 is 7.80 Å². The van der Waals surface area contributed by atoms with Gasteiger partial charge in [0.2, 0.25) is 0 Å². The maximum Gasteiger partial charge on any atom is 0.366 e. The summed E-state index contributed by atoms with van der Waals surface area (Å²) in [5.74, 6) is -0.141. The van der Waals surface area contributed by atoms with E-state index in [-0.39, 0.29) is 5.85 Å². The minimum Gasteiger partial charge on any atom is -0.331 e. The Bertz CT molecular complexity index is 112. The minimum absolute atomic E-state index is 0.141. The highest BCUT2D eigenvalue weighted by atomic mass is 31.1. The Kier molecular flexibility index (Phi) is 4.55.